The number of carbonyl (C=O) groups excluding carboxylic acids is 3. The molecule has 4 amide bonds. The topological polar surface area (TPSA) is 102 Å². The molecule has 2 N–H and O–H groups in total. The normalized spacial score (nSPS) is 24.0. The molecule has 1 spiro atoms. The van der Waals surface area contributed by atoms with Gasteiger partial charge in [-0.25, -0.2) is 4.79 Å². The maximum atomic E-state index is 13.2. The Kier molecular flexibility index (Phi) is 4.59. The summed E-state index contributed by atoms with van der Waals surface area (Å²) in [7, 11) is 0. The molecule has 2 aromatic rings. The van der Waals surface area contributed by atoms with Gasteiger partial charge in [-0.05, 0) is 54.7 Å². The van der Waals surface area contributed by atoms with Crippen molar-refractivity contribution in [2.75, 3.05) is 11.9 Å². The maximum absolute atomic E-state index is 13.2. The number of nitrogens with one attached hydrogen (secondary N) is 2. The number of carbonyl (C=O) groups is 3. The molecule has 158 valence electrons. The first-order chi connectivity index (χ1) is 14.9. The highest BCUT2D eigenvalue weighted by Gasteiger charge is 2.55. The summed E-state index contributed by atoms with van der Waals surface area (Å²) in [5, 5.41) is 15.7. The Balaban J connectivity index is 1.35. The van der Waals surface area contributed by atoms with E-state index in [1.54, 1.807) is 0 Å². The summed E-state index contributed by atoms with van der Waals surface area (Å²) >= 11 is 1.43. The minimum Gasteiger partial charge on any atom is -0.319 e. The quantitative estimate of drug-likeness (QED) is 0.725. The second-order valence-electron chi connectivity index (χ2n) is 8.60. The van der Waals surface area contributed by atoms with Crippen molar-refractivity contribution in [3.8, 4) is 6.07 Å². The molecule has 2 heterocycles. The number of benzene rings is 1. The number of aryl methyl sites for hydroxylation is 1. The number of amides is 4. The molecule has 2 aliphatic carbocycles. The highest BCUT2D eigenvalue weighted by Crippen LogP contribution is 2.42. The number of nitriles is 1. The Hall–Kier alpha value is -3.18. The van der Waals surface area contributed by atoms with Gasteiger partial charge in [-0.15, -0.1) is 11.3 Å². The SMILES string of the molecule is C[C@@H]1CCc2c(sc(NC(=O)CN3C(=O)N[C@@]4(CCc5ccccc54)C3=O)c2C#N)C1. The highest BCUT2D eigenvalue weighted by molar-refractivity contribution is 7.16. The number of hydrogen-bond acceptors (Lipinski definition) is 5. The number of urea groups is 1. The summed E-state index contributed by atoms with van der Waals surface area (Å²) < 4.78 is 0. The van der Waals surface area contributed by atoms with E-state index in [4.69, 9.17) is 0 Å². The van der Waals surface area contributed by atoms with Crippen LogP contribution in [0.3, 0.4) is 0 Å². The molecule has 5 rings (SSSR count). The van der Waals surface area contributed by atoms with Gasteiger partial charge in [0.25, 0.3) is 5.91 Å². The van der Waals surface area contributed by atoms with Crippen molar-refractivity contribution in [3.63, 3.8) is 0 Å². The van der Waals surface area contributed by atoms with Crippen LogP contribution in [-0.4, -0.2) is 29.3 Å². The van der Waals surface area contributed by atoms with Gasteiger partial charge in [-0.1, -0.05) is 31.2 Å². The van der Waals surface area contributed by atoms with Crippen LogP contribution in [0.2, 0.25) is 0 Å². The summed E-state index contributed by atoms with van der Waals surface area (Å²) in [6.07, 6.45) is 3.95. The Labute approximate surface area is 184 Å². The van der Waals surface area contributed by atoms with Crippen LogP contribution >= 0.6 is 11.3 Å². The first kappa shape index (κ1) is 19.8. The third-order valence-electron chi connectivity index (χ3n) is 6.60. The second-order valence-corrected chi connectivity index (χ2v) is 9.70. The third kappa shape index (κ3) is 3.03. The van der Waals surface area contributed by atoms with E-state index in [0.29, 0.717) is 29.3 Å². The zero-order valence-corrected chi connectivity index (χ0v) is 18.0. The number of rotatable bonds is 3. The van der Waals surface area contributed by atoms with E-state index < -0.39 is 23.4 Å². The van der Waals surface area contributed by atoms with Gasteiger partial charge in [-0.3, -0.25) is 14.5 Å². The van der Waals surface area contributed by atoms with Crippen molar-refractivity contribution < 1.29 is 14.4 Å². The molecular formula is C23H22N4O3S. The fraction of sp³-hybridized carbons (Fsp3) is 0.391. The van der Waals surface area contributed by atoms with E-state index in [0.717, 1.165) is 45.7 Å². The van der Waals surface area contributed by atoms with Crippen LogP contribution in [0, 0.1) is 17.2 Å². The van der Waals surface area contributed by atoms with Crippen LogP contribution in [0.5, 0.6) is 0 Å². The molecule has 7 nitrogen and oxygen atoms in total. The Morgan fingerprint density at radius 2 is 2.16 bits per heavy atom. The lowest BCUT2D eigenvalue weighted by atomic mass is 9.89. The van der Waals surface area contributed by atoms with Gasteiger partial charge in [0, 0.05) is 4.88 Å². The molecule has 1 saturated heterocycles. The monoisotopic (exact) mass is 434 g/mol. The van der Waals surface area contributed by atoms with Crippen molar-refractivity contribution in [3.05, 3.63) is 51.4 Å². The van der Waals surface area contributed by atoms with Crippen LogP contribution in [0.4, 0.5) is 9.80 Å². The fourth-order valence-electron chi connectivity index (χ4n) is 5.00. The maximum Gasteiger partial charge on any atom is 0.325 e. The largest absolute Gasteiger partial charge is 0.325 e. The third-order valence-corrected chi connectivity index (χ3v) is 7.77. The van der Waals surface area contributed by atoms with E-state index in [1.165, 1.54) is 11.3 Å². The van der Waals surface area contributed by atoms with Crippen LogP contribution in [0.25, 0.3) is 0 Å². The van der Waals surface area contributed by atoms with E-state index in [1.807, 2.05) is 24.3 Å². The van der Waals surface area contributed by atoms with Crippen molar-refractivity contribution in [1.82, 2.24) is 10.2 Å². The number of nitrogens with zero attached hydrogens (tertiary/aromatic N) is 2. The zero-order valence-electron chi connectivity index (χ0n) is 17.2. The summed E-state index contributed by atoms with van der Waals surface area (Å²) in [6, 6.07) is 9.25. The second kappa shape index (κ2) is 7.20. The van der Waals surface area contributed by atoms with Gasteiger partial charge < -0.3 is 10.6 Å². The van der Waals surface area contributed by atoms with Crippen LogP contribution in [0.1, 0.15) is 46.9 Å². The van der Waals surface area contributed by atoms with Gasteiger partial charge in [0.2, 0.25) is 5.91 Å². The van der Waals surface area contributed by atoms with E-state index >= 15 is 0 Å². The fourth-order valence-corrected chi connectivity index (χ4v) is 6.38. The first-order valence-electron chi connectivity index (χ1n) is 10.5. The van der Waals surface area contributed by atoms with Gasteiger partial charge >= 0.3 is 6.03 Å². The number of thiophene rings is 1. The first-order valence-corrected chi connectivity index (χ1v) is 11.3. The molecule has 3 aliphatic rings. The molecule has 1 fully saturated rings. The number of fused-ring (bicyclic) bond motifs is 3. The lowest BCUT2D eigenvalue weighted by molar-refractivity contribution is -0.134. The number of hydrogen-bond donors (Lipinski definition) is 2. The van der Waals surface area contributed by atoms with E-state index in [9.17, 15) is 19.6 Å². The predicted octanol–water partition coefficient (Wildman–Crippen LogP) is 3.08. The molecule has 0 saturated carbocycles. The minimum absolute atomic E-state index is 0.377. The Morgan fingerprint density at radius 1 is 1.35 bits per heavy atom. The molecule has 2 atom stereocenters. The predicted molar refractivity (Wildman–Crippen MR) is 116 cm³/mol. The Morgan fingerprint density at radius 3 is 2.97 bits per heavy atom. The lowest BCUT2D eigenvalue weighted by Gasteiger charge is -2.22. The van der Waals surface area contributed by atoms with Crippen molar-refractivity contribution in [2.24, 2.45) is 5.92 Å². The molecule has 0 radical (unpaired) electrons. The van der Waals surface area contributed by atoms with Crippen LogP contribution in [0.15, 0.2) is 24.3 Å². The zero-order chi connectivity index (χ0) is 21.8. The Bertz CT molecular complexity index is 1160. The van der Waals surface area contributed by atoms with Gasteiger partial charge in [0.05, 0.1) is 5.56 Å². The molecular weight excluding hydrogens is 412 g/mol. The average Bonchev–Trinajstić information content (AvgIpc) is 3.36. The summed E-state index contributed by atoms with van der Waals surface area (Å²) in [5.74, 6) is -0.315. The number of imide groups is 1. The smallest absolute Gasteiger partial charge is 0.319 e. The number of anilines is 1. The lowest BCUT2D eigenvalue weighted by Crippen LogP contribution is -2.42. The van der Waals surface area contributed by atoms with Gasteiger partial charge in [0.15, 0.2) is 0 Å². The van der Waals surface area contributed by atoms with Crippen LogP contribution < -0.4 is 10.6 Å². The molecule has 1 aliphatic heterocycles. The van der Waals surface area contributed by atoms with Crippen molar-refractivity contribution >= 4 is 34.2 Å². The van der Waals surface area contributed by atoms with Gasteiger partial charge in [0.1, 0.15) is 23.2 Å². The highest BCUT2D eigenvalue weighted by atomic mass is 32.1. The minimum atomic E-state index is -1.08. The van der Waals surface area contributed by atoms with Gasteiger partial charge in [-0.2, -0.15) is 5.26 Å². The van der Waals surface area contributed by atoms with E-state index in [2.05, 4.69) is 23.6 Å². The summed E-state index contributed by atoms with van der Waals surface area (Å²) in [4.78, 5) is 40.7. The molecule has 0 unspecified atom stereocenters. The van der Waals surface area contributed by atoms with Crippen LogP contribution in [-0.2, 0) is 34.4 Å². The molecule has 0 bridgehead atoms. The summed E-state index contributed by atoms with van der Waals surface area (Å²) in [6.45, 7) is 1.81. The molecule has 1 aromatic heterocycles. The molecule has 8 heteroatoms. The summed E-state index contributed by atoms with van der Waals surface area (Å²) in [5.41, 5.74) is 2.31. The van der Waals surface area contributed by atoms with E-state index in [-0.39, 0.29) is 6.54 Å². The van der Waals surface area contributed by atoms with Crippen molar-refractivity contribution in [2.45, 2.75) is 44.6 Å². The van der Waals surface area contributed by atoms with Crippen molar-refractivity contribution in [1.29, 1.82) is 5.26 Å². The molecule has 1 aromatic carbocycles. The molecule has 31 heavy (non-hydrogen) atoms. The standard InChI is InChI=1S/C23H22N4O3S/c1-13-6-7-15-16(11-24)20(31-18(15)10-13)25-19(28)12-27-21(29)23(26-22(27)30)9-8-14-4-2-3-5-17(14)23/h2-5,13H,6-10,12H2,1H3,(H,25,28)(H,26,30)/t13-,23-/m1/s1. The average molecular weight is 435 g/mol.